The van der Waals surface area contributed by atoms with E-state index in [0.717, 1.165) is 28.6 Å². The van der Waals surface area contributed by atoms with Crippen LogP contribution in [0.15, 0.2) is 30.3 Å². The molecule has 0 bridgehead atoms. The van der Waals surface area contributed by atoms with Crippen LogP contribution in [0.4, 0.5) is 5.82 Å². The van der Waals surface area contributed by atoms with Crippen molar-refractivity contribution in [1.82, 2.24) is 19.8 Å². The minimum Gasteiger partial charge on any atom is -0.496 e. The van der Waals surface area contributed by atoms with E-state index in [2.05, 4.69) is 26.7 Å². The molecule has 0 fully saturated rings. The van der Waals surface area contributed by atoms with E-state index in [1.807, 2.05) is 38.1 Å². The molecule has 6 nitrogen and oxygen atoms in total. The van der Waals surface area contributed by atoms with Gasteiger partial charge in [-0.05, 0) is 43.2 Å². The third-order valence-corrected chi connectivity index (χ3v) is 3.35. The fraction of sp³-hybridized carbons (Fsp3) is 0.267. The Kier molecular flexibility index (Phi) is 3.43. The molecule has 0 amide bonds. The Balaban J connectivity index is 1.76. The molecule has 0 saturated carbocycles. The number of aromatic nitrogens is 4. The lowest BCUT2D eigenvalue weighted by atomic mass is 10.1. The summed E-state index contributed by atoms with van der Waals surface area (Å²) in [6.45, 7) is 4.61. The molecule has 0 aliphatic rings. The van der Waals surface area contributed by atoms with Crippen molar-refractivity contribution in [2.75, 3.05) is 12.4 Å². The summed E-state index contributed by atoms with van der Waals surface area (Å²) in [5.74, 6) is 2.46. The summed E-state index contributed by atoms with van der Waals surface area (Å²) in [4.78, 5) is 0. The van der Waals surface area contributed by atoms with Gasteiger partial charge in [-0.1, -0.05) is 12.1 Å². The predicted octanol–water partition coefficient (Wildman–Crippen LogP) is 2.36. The van der Waals surface area contributed by atoms with Gasteiger partial charge in [0.15, 0.2) is 11.5 Å². The molecule has 0 aliphatic heterocycles. The van der Waals surface area contributed by atoms with E-state index < -0.39 is 0 Å². The second-order valence-electron chi connectivity index (χ2n) is 4.89. The van der Waals surface area contributed by atoms with E-state index in [4.69, 9.17) is 4.74 Å². The van der Waals surface area contributed by atoms with Gasteiger partial charge in [0, 0.05) is 6.54 Å². The number of nitrogens with zero attached hydrogens (tertiary/aromatic N) is 4. The summed E-state index contributed by atoms with van der Waals surface area (Å²) in [5, 5.41) is 15.8. The van der Waals surface area contributed by atoms with Gasteiger partial charge >= 0.3 is 0 Å². The van der Waals surface area contributed by atoms with Gasteiger partial charge in [-0.3, -0.25) is 0 Å². The molecule has 0 radical (unpaired) electrons. The van der Waals surface area contributed by atoms with Crippen molar-refractivity contribution in [3.63, 3.8) is 0 Å². The molecule has 2 heterocycles. The highest BCUT2D eigenvalue weighted by atomic mass is 16.5. The highest BCUT2D eigenvalue weighted by Gasteiger charge is 2.04. The molecule has 0 aliphatic carbocycles. The van der Waals surface area contributed by atoms with Gasteiger partial charge < -0.3 is 10.1 Å². The lowest BCUT2D eigenvalue weighted by Gasteiger charge is -2.09. The van der Waals surface area contributed by atoms with Crippen LogP contribution in [-0.4, -0.2) is 26.9 Å². The largest absolute Gasteiger partial charge is 0.496 e. The lowest BCUT2D eigenvalue weighted by molar-refractivity contribution is 0.411. The highest BCUT2D eigenvalue weighted by Crippen LogP contribution is 2.19. The summed E-state index contributed by atoms with van der Waals surface area (Å²) >= 11 is 0. The van der Waals surface area contributed by atoms with Gasteiger partial charge in [0.2, 0.25) is 0 Å². The number of aryl methyl sites for hydroxylation is 2. The summed E-state index contributed by atoms with van der Waals surface area (Å²) in [6, 6.07) is 9.93. The van der Waals surface area contributed by atoms with Crippen LogP contribution in [0.3, 0.4) is 0 Å². The molecular formula is C15H17N5O. The average Bonchev–Trinajstić information content (AvgIpc) is 2.86. The summed E-state index contributed by atoms with van der Waals surface area (Å²) in [7, 11) is 1.68. The Labute approximate surface area is 122 Å². The van der Waals surface area contributed by atoms with Crippen LogP contribution in [0.5, 0.6) is 5.75 Å². The summed E-state index contributed by atoms with van der Waals surface area (Å²) in [5.41, 5.74) is 3.05. The van der Waals surface area contributed by atoms with Crippen molar-refractivity contribution in [2.24, 2.45) is 0 Å². The zero-order chi connectivity index (χ0) is 14.8. The zero-order valence-electron chi connectivity index (χ0n) is 12.3. The van der Waals surface area contributed by atoms with E-state index in [9.17, 15) is 0 Å². The minimum atomic E-state index is 0.699. The molecule has 6 heteroatoms. The van der Waals surface area contributed by atoms with Crippen molar-refractivity contribution in [3.8, 4) is 5.75 Å². The van der Waals surface area contributed by atoms with Crippen LogP contribution in [0.1, 0.15) is 17.0 Å². The van der Waals surface area contributed by atoms with E-state index in [0.29, 0.717) is 6.54 Å². The van der Waals surface area contributed by atoms with Crippen LogP contribution in [0, 0.1) is 13.8 Å². The number of fused-ring (bicyclic) bond motifs is 1. The standard InChI is InChI=1S/C15H17N5O/c1-10-8-12(4-5-13(10)21-3)9-16-14-6-7-15-18-17-11(2)20(15)19-14/h4-8H,9H2,1-3H3,(H,16,19). The molecular weight excluding hydrogens is 266 g/mol. The van der Waals surface area contributed by atoms with Crippen molar-refractivity contribution < 1.29 is 4.74 Å². The van der Waals surface area contributed by atoms with Crippen LogP contribution in [0.25, 0.3) is 5.65 Å². The van der Waals surface area contributed by atoms with E-state index in [1.54, 1.807) is 11.6 Å². The molecule has 1 N–H and O–H groups in total. The average molecular weight is 283 g/mol. The number of ether oxygens (including phenoxy) is 1. The maximum absolute atomic E-state index is 5.27. The molecule has 21 heavy (non-hydrogen) atoms. The molecule has 0 spiro atoms. The SMILES string of the molecule is COc1ccc(CNc2ccc3nnc(C)n3n2)cc1C. The number of nitrogens with one attached hydrogen (secondary N) is 1. The van der Waals surface area contributed by atoms with Gasteiger partial charge in [-0.15, -0.1) is 15.3 Å². The Bertz CT molecular complexity index is 781. The quantitative estimate of drug-likeness (QED) is 0.796. The first-order valence-corrected chi connectivity index (χ1v) is 6.74. The molecule has 2 aromatic heterocycles. The zero-order valence-corrected chi connectivity index (χ0v) is 12.3. The number of methoxy groups -OCH3 is 1. The van der Waals surface area contributed by atoms with Crippen LogP contribution in [-0.2, 0) is 6.54 Å². The third-order valence-electron chi connectivity index (χ3n) is 3.35. The van der Waals surface area contributed by atoms with Gasteiger partial charge in [0.05, 0.1) is 7.11 Å². The van der Waals surface area contributed by atoms with Crippen molar-refractivity contribution in [1.29, 1.82) is 0 Å². The maximum Gasteiger partial charge on any atom is 0.178 e. The van der Waals surface area contributed by atoms with Crippen molar-refractivity contribution >= 4 is 11.5 Å². The smallest absolute Gasteiger partial charge is 0.178 e. The topological polar surface area (TPSA) is 64.3 Å². The van der Waals surface area contributed by atoms with Gasteiger partial charge in [-0.2, -0.15) is 4.52 Å². The number of anilines is 1. The maximum atomic E-state index is 5.27. The first-order chi connectivity index (χ1) is 10.2. The number of hydrogen-bond acceptors (Lipinski definition) is 5. The van der Waals surface area contributed by atoms with Gasteiger partial charge in [-0.25, -0.2) is 0 Å². The Morgan fingerprint density at radius 1 is 1.14 bits per heavy atom. The second-order valence-corrected chi connectivity index (χ2v) is 4.89. The highest BCUT2D eigenvalue weighted by molar-refractivity contribution is 5.45. The number of hydrogen-bond donors (Lipinski definition) is 1. The fourth-order valence-corrected chi connectivity index (χ4v) is 2.23. The Morgan fingerprint density at radius 3 is 2.76 bits per heavy atom. The van der Waals surface area contributed by atoms with E-state index >= 15 is 0 Å². The fourth-order valence-electron chi connectivity index (χ4n) is 2.23. The third kappa shape index (κ3) is 2.65. The van der Waals surface area contributed by atoms with E-state index in [1.165, 1.54) is 5.56 Å². The molecule has 0 unspecified atom stereocenters. The molecule has 3 rings (SSSR count). The molecule has 108 valence electrons. The number of benzene rings is 1. The minimum absolute atomic E-state index is 0.699. The molecule has 0 atom stereocenters. The van der Waals surface area contributed by atoms with Gasteiger partial charge in [0.25, 0.3) is 0 Å². The Morgan fingerprint density at radius 2 is 2.00 bits per heavy atom. The van der Waals surface area contributed by atoms with Crippen LogP contribution >= 0.6 is 0 Å². The monoisotopic (exact) mass is 283 g/mol. The van der Waals surface area contributed by atoms with Gasteiger partial charge in [0.1, 0.15) is 11.6 Å². The first kappa shape index (κ1) is 13.4. The number of rotatable bonds is 4. The van der Waals surface area contributed by atoms with Crippen molar-refractivity contribution in [3.05, 3.63) is 47.3 Å². The molecule has 0 saturated heterocycles. The lowest BCUT2D eigenvalue weighted by Crippen LogP contribution is -2.05. The summed E-state index contributed by atoms with van der Waals surface area (Å²) < 4.78 is 6.99. The normalized spacial score (nSPS) is 10.8. The molecule has 1 aromatic carbocycles. The summed E-state index contributed by atoms with van der Waals surface area (Å²) in [6.07, 6.45) is 0. The van der Waals surface area contributed by atoms with Crippen LogP contribution < -0.4 is 10.1 Å². The van der Waals surface area contributed by atoms with E-state index in [-0.39, 0.29) is 0 Å². The predicted molar refractivity (Wildman–Crippen MR) is 80.6 cm³/mol. The first-order valence-electron chi connectivity index (χ1n) is 6.74. The second kappa shape index (κ2) is 5.40. The van der Waals surface area contributed by atoms with Crippen LogP contribution in [0.2, 0.25) is 0 Å². The Hall–Kier alpha value is -2.63. The van der Waals surface area contributed by atoms with Crippen molar-refractivity contribution in [2.45, 2.75) is 20.4 Å². The molecule has 3 aromatic rings.